The molecule has 3 aromatic rings. The van der Waals surface area contributed by atoms with Gasteiger partial charge >= 0.3 is 0 Å². The Morgan fingerprint density at radius 3 is 2.56 bits per heavy atom. The lowest BCUT2D eigenvalue weighted by atomic mass is 10.2. The predicted molar refractivity (Wildman–Crippen MR) is 95.6 cm³/mol. The van der Waals surface area contributed by atoms with Crippen LogP contribution < -0.4 is 15.4 Å². The molecular formula is C19H19N3O3. The maximum atomic E-state index is 11.9. The van der Waals surface area contributed by atoms with Crippen molar-refractivity contribution in [1.82, 2.24) is 5.16 Å². The van der Waals surface area contributed by atoms with E-state index in [1.54, 1.807) is 25.1 Å². The quantitative estimate of drug-likeness (QED) is 0.689. The van der Waals surface area contributed by atoms with Crippen molar-refractivity contribution in [3.05, 3.63) is 72.0 Å². The number of anilines is 2. The molecule has 6 nitrogen and oxygen atoms in total. The van der Waals surface area contributed by atoms with E-state index >= 15 is 0 Å². The standard InChI is InChI=1S/C19H19N3O3/c1-14-11-18(22-25-14)20-12-19(23)21-16-7-9-17(10-8-16)24-13-15-5-3-2-4-6-15/h2-11H,12-13H2,1H3,(H,20,22)(H,21,23). The Morgan fingerprint density at radius 2 is 1.88 bits per heavy atom. The highest BCUT2D eigenvalue weighted by atomic mass is 16.5. The number of nitrogens with one attached hydrogen (secondary N) is 2. The Morgan fingerprint density at radius 1 is 1.12 bits per heavy atom. The van der Waals surface area contributed by atoms with E-state index in [2.05, 4.69) is 15.8 Å². The first-order valence-corrected chi connectivity index (χ1v) is 7.93. The third kappa shape index (κ3) is 5.10. The molecule has 1 heterocycles. The second-order valence-corrected chi connectivity index (χ2v) is 5.52. The average molecular weight is 337 g/mol. The molecule has 2 N–H and O–H groups in total. The number of aryl methyl sites for hydroxylation is 1. The monoisotopic (exact) mass is 337 g/mol. The average Bonchev–Trinajstić information content (AvgIpc) is 3.06. The van der Waals surface area contributed by atoms with Crippen molar-refractivity contribution < 1.29 is 14.1 Å². The maximum Gasteiger partial charge on any atom is 0.243 e. The van der Waals surface area contributed by atoms with Crippen molar-refractivity contribution in [3.8, 4) is 5.75 Å². The number of amides is 1. The summed E-state index contributed by atoms with van der Waals surface area (Å²) >= 11 is 0. The summed E-state index contributed by atoms with van der Waals surface area (Å²) in [6.07, 6.45) is 0. The Balaban J connectivity index is 1.46. The number of nitrogens with zero attached hydrogens (tertiary/aromatic N) is 1. The van der Waals surface area contributed by atoms with E-state index in [-0.39, 0.29) is 12.5 Å². The molecule has 0 aliphatic heterocycles. The summed E-state index contributed by atoms with van der Waals surface area (Å²) in [4.78, 5) is 11.9. The van der Waals surface area contributed by atoms with Crippen molar-refractivity contribution in [1.29, 1.82) is 0 Å². The molecule has 1 amide bonds. The highest BCUT2D eigenvalue weighted by molar-refractivity contribution is 5.93. The van der Waals surface area contributed by atoms with Crippen LogP contribution >= 0.6 is 0 Å². The lowest BCUT2D eigenvalue weighted by Crippen LogP contribution is -2.21. The fraction of sp³-hybridized carbons (Fsp3) is 0.158. The molecule has 0 fully saturated rings. The molecule has 0 saturated carbocycles. The Labute approximate surface area is 145 Å². The fourth-order valence-electron chi connectivity index (χ4n) is 2.20. The van der Waals surface area contributed by atoms with Gasteiger partial charge in [-0.2, -0.15) is 0 Å². The topological polar surface area (TPSA) is 76.4 Å². The number of aromatic nitrogens is 1. The Kier molecular flexibility index (Phi) is 5.31. The molecule has 128 valence electrons. The lowest BCUT2D eigenvalue weighted by Gasteiger charge is -2.09. The normalized spacial score (nSPS) is 10.3. The molecule has 0 radical (unpaired) electrons. The van der Waals surface area contributed by atoms with Gasteiger partial charge < -0.3 is 19.9 Å². The zero-order chi connectivity index (χ0) is 17.5. The van der Waals surface area contributed by atoms with Crippen LogP contribution in [0.25, 0.3) is 0 Å². The van der Waals surface area contributed by atoms with Crippen molar-refractivity contribution in [2.45, 2.75) is 13.5 Å². The molecule has 3 rings (SSSR count). The molecule has 0 aliphatic rings. The largest absolute Gasteiger partial charge is 0.489 e. The fourth-order valence-corrected chi connectivity index (χ4v) is 2.20. The molecule has 0 spiro atoms. The SMILES string of the molecule is Cc1cc(NCC(=O)Nc2ccc(OCc3ccccc3)cc2)no1. The molecule has 2 aromatic carbocycles. The van der Waals surface area contributed by atoms with Gasteiger partial charge in [0.2, 0.25) is 5.91 Å². The highest BCUT2D eigenvalue weighted by Gasteiger charge is 2.05. The van der Waals surface area contributed by atoms with Crippen LogP contribution in [0.15, 0.2) is 65.2 Å². The minimum absolute atomic E-state index is 0.109. The van der Waals surface area contributed by atoms with Crippen LogP contribution in [0.4, 0.5) is 11.5 Å². The van der Waals surface area contributed by atoms with E-state index in [0.717, 1.165) is 11.3 Å². The number of benzene rings is 2. The summed E-state index contributed by atoms with van der Waals surface area (Å²) in [7, 11) is 0. The van der Waals surface area contributed by atoms with Crippen LogP contribution in [-0.4, -0.2) is 17.6 Å². The number of carbonyl (C=O) groups is 1. The predicted octanol–water partition coefficient (Wildman–Crippen LogP) is 3.61. The van der Waals surface area contributed by atoms with E-state index < -0.39 is 0 Å². The van der Waals surface area contributed by atoms with Crippen molar-refractivity contribution >= 4 is 17.4 Å². The van der Waals surface area contributed by atoms with Gasteiger partial charge in [0.25, 0.3) is 0 Å². The number of ether oxygens (including phenoxy) is 1. The molecule has 0 atom stereocenters. The second-order valence-electron chi connectivity index (χ2n) is 5.52. The van der Waals surface area contributed by atoms with Crippen LogP contribution in [0, 0.1) is 6.92 Å². The van der Waals surface area contributed by atoms with Gasteiger partial charge in [0, 0.05) is 11.8 Å². The van der Waals surface area contributed by atoms with Gasteiger partial charge in [-0.3, -0.25) is 4.79 Å². The van der Waals surface area contributed by atoms with E-state index in [4.69, 9.17) is 9.26 Å². The number of carbonyl (C=O) groups excluding carboxylic acids is 1. The van der Waals surface area contributed by atoms with Crippen LogP contribution in [0.3, 0.4) is 0 Å². The smallest absolute Gasteiger partial charge is 0.243 e. The first kappa shape index (κ1) is 16.6. The van der Waals surface area contributed by atoms with E-state index in [1.807, 2.05) is 42.5 Å². The lowest BCUT2D eigenvalue weighted by molar-refractivity contribution is -0.114. The zero-order valence-corrected chi connectivity index (χ0v) is 13.9. The molecule has 0 aliphatic carbocycles. The number of rotatable bonds is 7. The van der Waals surface area contributed by atoms with Crippen LogP contribution in [0.2, 0.25) is 0 Å². The Bertz CT molecular complexity index is 813. The van der Waals surface area contributed by atoms with Gasteiger partial charge in [-0.15, -0.1) is 0 Å². The number of hydrogen-bond donors (Lipinski definition) is 2. The van der Waals surface area contributed by atoms with Gasteiger partial charge in [-0.05, 0) is 36.8 Å². The van der Waals surface area contributed by atoms with Crippen LogP contribution in [0.1, 0.15) is 11.3 Å². The summed E-state index contributed by atoms with van der Waals surface area (Å²) in [6, 6.07) is 18.9. The first-order valence-electron chi connectivity index (χ1n) is 7.93. The van der Waals surface area contributed by atoms with Gasteiger partial charge in [0.1, 0.15) is 18.1 Å². The summed E-state index contributed by atoms with van der Waals surface area (Å²) in [5.41, 5.74) is 1.81. The summed E-state index contributed by atoms with van der Waals surface area (Å²) in [5.74, 6) is 1.81. The van der Waals surface area contributed by atoms with Gasteiger partial charge in [-0.1, -0.05) is 35.5 Å². The van der Waals surface area contributed by atoms with Gasteiger partial charge in [-0.25, -0.2) is 0 Å². The van der Waals surface area contributed by atoms with Crippen LogP contribution in [0.5, 0.6) is 5.75 Å². The third-order valence-electron chi connectivity index (χ3n) is 3.44. The molecule has 0 bridgehead atoms. The molecule has 0 unspecified atom stereocenters. The van der Waals surface area contributed by atoms with Crippen molar-refractivity contribution in [3.63, 3.8) is 0 Å². The van der Waals surface area contributed by atoms with Crippen molar-refractivity contribution in [2.24, 2.45) is 0 Å². The van der Waals surface area contributed by atoms with Crippen molar-refractivity contribution in [2.75, 3.05) is 17.2 Å². The zero-order valence-electron chi connectivity index (χ0n) is 13.9. The molecule has 6 heteroatoms. The van der Waals surface area contributed by atoms with Crippen LogP contribution in [-0.2, 0) is 11.4 Å². The van der Waals surface area contributed by atoms with Gasteiger partial charge in [0.05, 0.1) is 6.54 Å². The summed E-state index contributed by atoms with van der Waals surface area (Å²) in [6.45, 7) is 2.41. The number of hydrogen-bond acceptors (Lipinski definition) is 5. The Hall–Kier alpha value is -3.28. The van der Waals surface area contributed by atoms with E-state index in [9.17, 15) is 4.79 Å². The minimum atomic E-state index is -0.168. The third-order valence-corrected chi connectivity index (χ3v) is 3.44. The summed E-state index contributed by atoms with van der Waals surface area (Å²) in [5, 5.41) is 9.47. The first-order chi connectivity index (χ1) is 12.2. The van der Waals surface area contributed by atoms with E-state index in [0.29, 0.717) is 23.9 Å². The van der Waals surface area contributed by atoms with E-state index in [1.165, 1.54) is 0 Å². The molecule has 1 aromatic heterocycles. The molecule has 0 saturated heterocycles. The maximum absolute atomic E-state index is 11.9. The van der Waals surface area contributed by atoms with Gasteiger partial charge in [0.15, 0.2) is 5.82 Å². The second kappa shape index (κ2) is 8.01. The molecule has 25 heavy (non-hydrogen) atoms. The molecular weight excluding hydrogens is 318 g/mol. The minimum Gasteiger partial charge on any atom is -0.489 e. The highest BCUT2D eigenvalue weighted by Crippen LogP contribution is 2.17. The summed E-state index contributed by atoms with van der Waals surface area (Å²) < 4.78 is 10.6.